The molecule has 3 fully saturated rings. The first-order valence-electron chi connectivity index (χ1n) is 14.0. The molecule has 10 nitrogen and oxygen atoms in total. The number of allylic oxidation sites excluding steroid dienone is 1. The van der Waals surface area contributed by atoms with Gasteiger partial charge < -0.3 is 41.3 Å². The van der Waals surface area contributed by atoms with Crippen LogP contribution in [0, 0.1) is 10.0 Å². The van der Waals surface area contributed by atoms with Crippen molar-refractivity contribution in [2.24, 2.45) is 10.7 Å². The summed E-state index contributed by atoms with van der Waals surface area (Å²) >= 11 is 5.60. The van der Waals surface area contributed by atoms with Gasteiger partial charge in [0.2, 0.25) is 5.95 Å². The second-order valence-electron chi connectivity index (χ2n) is 11.0. The summed E-state index contributed by atoms with van der Waals surface area (Å²) in [5.74, 6) is 1.23. The lowest BCUT2D eigenvalue weighted by Crippen LogP contribution is -2.48. The van der Waals surface area contributed by atoms with Crippen molar-refractivity contribution in [3.8, 4) is 0 Å². The van der Waals surface area contributed by atoms with Crippen LogP contribution in [-0.2, 0) is 4.74 Å². The average Bonchev–Trinajstić information content (AvgIpc) is 2.91. The second kappa shape index (κ2) is 13.6. The number of ether oxygens (including phenoxy) is 1. The van der Waals surface area contributed by atoms with E-state index in [1.165, 1.54) is 45.0 Å². The maximum Gasteiger partial charge on any atom is 0.207 e. The molecule has 3 aliphatic rings. The number of likely N-dealkylation sites (tertiary alicyclic amines) is 1. The van der Waals surface area contributed by atoms with Crippen LogP contribution in [0.4, 0.5) is 11.8 Å². The third-order valence-electron chi connectivity index (χ3n) is 8.14. The number of anilines is 2. The molecule has 2 saturated heterocycles. The molecule has 0 aromatic carbocycles. The van der Waals surface area contributed by atoms with Crippen molar-refractivity contribution >= 4 is 35.9 Å². The molecule has 0 spiro atoms. The van der Waals surface area contributed by atoms with E-state index in [1.807, 2.05) is 0 Å². The molecule has 0 atom stereocenters. The van der Waals surface area contributed by atoms with Gasteiger partial charge in [0.15, 0.2) is 0 Å². The van der Waals surface area contributed by atoms with E-state index in [9.17, 15) is 0 Å². The van der Waals surface area contributed by atoms with Gasteiger partial charge in [-0.25, -0.2) is 4.98 Å². The van der Waals surface area contributed by atoms with Gasteiger partial charge in [0.25, 0.3) is 0 Å². The van der Waals surface area contributed by atoms with Crippen LogP contribution in [0.1, 0.15) is 63.9 Å². The predicted octanol–water partition coefficient (Wildman–Crippen LogP) is 3.74. The molecule has 11 heteroatoms. The zero-order valence-corrected chi connectivity index (χ0v) is 23.9. The SMILES string of the molecule is CC(=N)c1c(NC2CCC(N3CCC(N(C)C)CC3)CC2)[nH]c(NC(C=NC2CCOCC2)=CN)nc1=S. The van der Waals surface area contributed by atoms with Crippen LogP contribution >= 0.6 is 12.2 Å². The van der Waals surface area contributed by atoms with E-state index < -0.39 is 0 Å². The van der Waals surface area contributed by atoms with E-state index in [1.54, 1.807) is 13.1 Å². The Morgan fingerprint density at radius 2 is 1.84 bits per heavy atom. The first-order valence-corrected chi connectivity index (χ1v) is 14.4. The molecule has 0 amide bonds. The molecule has 4 rings (SSSR count). The number of piperidine rings is 1. The third-order valence-corrected chi connectivity index (χ3v) is 8.44. The zero-order chi connectivity index (χ0) is 27.1. The Morgan fingerprint density at radius 3 is 2.45 bits per heavy atom. The van der Waals surface area contributed by atoms with E-state index in [0.29, 0.717) is 45.7 Å². The van der Waals surface area contributed by atoms with Gasteiger partial charge in [-0.2, -0.15) is 0 Å². The lowest BCUT2D eigenvalue weighted by Gasteiger charge is -2.42. The largest absolute Gasteiger partial charge is 0.403 e. The highest BCUT2D eigenvalue weighted by atomic mass is 32.1. The van der Waals surface area contributed by atoms with Crippen molar-refractivity contribution < 1.29 is 4.74 Å². The summed E-state index contributed by atoms with van der Waals surface area (Å²) in [7, 11) is 4.39. The zero-order valence-electron chi connectivity index (χ0n) is 23.1. The number of aromatic amines is 1. The highest BCUT2D eigenvalue weighted by molar-refractivity contribution is 7.71. The molecule has 1 aromatic rings. The molecule has 0 radical (unpaired) electrons. The average molecular weight is 544 g/mol. The predicted molar refractivity (Wildman–Crippen MR) is 158 cm³/mol. The van der Waals surface area contributed by atoms with Crippen molar-refractivity contribution in [1.29, 1.82) is 5.41 Å². The van der Waals surface area contributed by atoms with Gasteiger partial charge in [-0.1, -0.05) is 12.2 Å². The Bertz CT molecular complexity index is 1050. The summed E-state index contributed by atoms with van der Waals surface area (Å²) in [6.07, 6.45) is 12.1. The normalized spacial score (nSPS) is 24.7. The Morgan fingerprint density at radius 1 is 1.16 bits per heavy atom. The van der Waals surface area contributed by atoms with E-state index in [0.717, 1.165) is 44.7 Å². The molecule has 2 aliphatic heterocycles. The summed E-state index contributed by atoms with van der Waals surface area (Å²) in [5, 5.41) is 15.2. The highest BCUT2D eigenvalue weighted by Crippen LogP contribution is 2.29. The first kappa shape index (κ1) is 28.7. The maximum absolute atomic E-state index is 8.31. The van der Waals surface area contributed by atoms with E-state index >= 15 is 0 Å². The summed E-state index contributed by atoms with van der Waals surface area (Å²) in [4.78, 5) is 17.6. The Hall–Kier alpha value is -2.34. The number of hydrogen-bond acceptors (Lipinski definition) is 10. The van der Waals surface area contributed by atoms with Crippen LogP contribution in [-0.4, -0.2) is 96.3 Å². The first-order chi connectivity index (χ1) is 18.3. The van der Waals surface area contributed by atoms with Crippen molar-refractivity contribution in [3.63, 3.8) is 0 Å². The van der Waals surface area contributed by atoms with Crippen molar-refractivity contribution in [2.45, 2.75) is 82.5 Å². The monoisotopic (exact) mass is 543 g/mol. The fourth-order valence-corrected chi connectivity index (χ4v) is 6.17. The van der Waals surface area contributed by atoms with Gasteiger partial charge in [-0.05, 0) is 85.5 Å². The van der Waals surface area contributed by atoms with Gasteiger partial charge in [-0.3, -0.25) is 4.99 Å². The van der Waals surface area contributed by atoms with Crippen LogP contribution in [0.3, 0.4) is 0 Å². The number of nitrogens with zero attached hydrogens (tertiary/aromatic N) is 4. The number of nitrogens with two attached hydrogens (primary N) is 1. The van der Waals surface area contributed by atoms with Gasteiger partial charge in [0.05, 0.1) is 17.3 Å². The number of H-pyrrole nitrogens is 1. The summed E-state index contributed by atoms with van der Waals surface area (Å²) < 4.78 is 5.80. The van der Waals surface area contributed by atoms with E-state index in [4.69, 9.17) is 28.1 Å². The summed E-state index contributed by atoms with van der Waals surface area (Å²) in [5.41, 5.74) is 7.55. The molecule has 6 N–H and O–H groups in total. The molecular weight excluding hydrogens is 498 g/mol. The molecule has 1 aromatic heterocycles. The van der Waals surface area contributed by atoms with Crippen molar-refractivity contribution in [1.82, 2.24) is 19.8 Å². The molecule has 0 bridgehead atoms. The van der Waals surface area contributed by atoms with Crippen molar-refractivity contribution in [3.05, 3.63) is 22.1 Å². The Labute approximate surface area is 232 Å². The molecule has 38 heavy (non-hydrogen) atoms. The molecule has 0 unspecified atom stereocenters. The summed E-state index contributed by atoms with van der Waals surface area (Å²) in [6, 6.07) is 1.94. The van der Waals surface area contributed by atoms with E-state index in [2.05, 4.69) is 49.5 Å². The fourth-order valence-electron chi connectivity index (χ4n) is 5.82. The number of nitrogens with one attached hydrogen (secondary N) is 4. The quantitative estimate of drug-likeness (QED) is 0.235. The third kappa shape index (κ3) is 7.62. The molecule has 3 heterocycles. The van der Waals surface area contributed by atoms with Crippen molar-refractivity contribution in [2.75, 3.05) is 51.0 Å². The molecular formula is C27H45N9OS. The number of aromatic nitrogens is 2. The van der Waals surface area contributed by atoms with E-state index in [-0.39, 0.29) is 6.04 Å². The number of hydrogen-bond donors (Lipinski definition) is 5. The van der Waals surface area contributed by atoms with Crippen LogP contribution in [0.15, 0.2) is 16.9 Å². The fraction of sp³-hybridized carbons (Fsp3) is 0.704. The Kier molecular flexibility index (Phi) is 10.3. The second-order valence-corrected chi connectivity index (χ2v) is 11.4. The van der Waals surface area contributed by atoms with Gasteiger partial charge in [0.1, 0.15) is 10.5 Å². The van der Waals surface area contributed by atoms with Gasteiger partial charge in [-0.15, -0.1) is 0 Å². The number of aliphatic imine (C=N–C) groups is 1. The maximum atomic E-state index is 8.31. The van der Waals surface area contributed by atoms with Gasteiger partial charge in [0, 0.05) is 49.5 Å². The lowest BCUT2D eigenvalue weighted by atomic mass is 9.88. The smallest absolute Gasteiger partial charge is 0.207 e. The van der Waals surface area contributed by atoms with Gasteiger partial charge >= 0.3 is 0 Å². The van der Waals surface area contributed by atoms with Crippen LogP contribution < -0.4 is 16.4 Å². The minimum absolute atomic E-state index is 0.238. The highest BCUT2D eigenvalue weighted by Gasteiger charge is 2.30. The van der Waals surface area contributed by atoms with Crippen LogP contribution in [0.2, 0.25) is 0 Å². The number of rotatable bonds is 9. The van der Waals surface area contributed by atoms with Crippen LogP contribution in [0.25, 0.3) is 0 Å². The minimum Gasteiger partial charge on any atom is -0.403 e. The molecule has 1 aliphatic carbocycles. The molecule has 1 saturated carbocycles. The standard InChI is InChI=1S/C27H45N9OS/c1-18(29)24-25(31-20-4-6-23(7-5-20)36-12-8-22(9-13-36)35(2)3)33-27(34-26(24)38)32-21(16-28)17-30-19-10-14-37-15-11-19/h16-17,19-20,22-23,29H,4-15,28H2,1-3H3,(H3,31,32,33,34,38). The summed E-state index contributed by atoms with van der Waals surface area (Å²) in [6.45, 7) is 5.62. The molecule has 210 valence electrons. The Balaban J connectivity index is 1.38. The topological polar surface area (TPSA) is 131 Å². The van der Waals surface area contributed by atoms with Crippen LogP contribution in [0.5, 0.6) is 0 Å². The minimum atomic E-state index is 0.238. The lowest BCUT2D eigenvalue weighted by molar-refractivity contribution is 0.0872.